The summed E-state index contributed by atoms with van der Waals surface area (Å²) in [5.41, 5.74) is 2.98. The molecular weight excluding hydrogens is 242 g/mol. The van der Waals surface area contributed by atoms with E-state index in [0.29, 0.717) is 0 Å². The van der Waals surface area contributed by atoms with Crippen LogP contribution in [0.5, 0.6) is 0 Å². The van der Waals surface area contributed by atoms with E-state index < -0.39 is 0 Å². The van der Waals surface area contributed by atoms with Gasteiger partial charge in [0, 0.05) is 12.1 Å². The van der Waals surface area contributed by atoms with Gasteiger partial charge in [-0.1, -0.05) is 29.8 Å². The highest BCUT2D eigenvalue weighted by atomic mass is 15.1. The molecule has 1 aromatic rings. The molecule has 4 aliphatic rings. The Morgan fingerprint density at radius 1 is 1.00 bits per heavy atom. The van der Waals surface area contributed by atoms with E-state index in [4.69, 9.17) is 0 Å². The number of hydrogen-bond acceptors (Lipinski definition) is 1. The molecule has 1 N–H and O–H groups in total. The minimum atomic E-state index is 0.815. The van der Waals surface area contributed by atoms with Gasteiger partial charge in [-0.2, -0.15) is 0 Å². The van der Waals surface area contributed by atoms with Crippen molar-refractivity contribution in [3.63, 3.8) is 0 Å². The Morgan fingerprint density at radius 2 is 1.75 bits per heavy atom. The van der Waals surface area contributed by atoms with Crippen molar-refractivity contribution < 1.29 is 0 Å². The Balaban J connectivity index is 1.18. The largest absolute Gasteiger partial charge is 0.311 e. The molecule has 0 aliphatic heterocycles. The van der Waals surface area contributed by atoms with Crippen molar-refractivity contribution in [1.82, 2.24) is 5.32 Å². The molecule has 4 aliphatic carbocycles. The van der Waals surface area contributed by atoms with Crippen molar-refractivity contribution in [2.45, 2.75) is 57.0 Å². The van der Waals surface area contributed by atoms with Gasteiger partial charge in [0.2, 0.25) is 0 Å². The average molecular weight is 267 g/mol. The molecule has 1 heteroatoms. The van der Waals surface area contributed by atoms with E-state index >= 15 is 0 Å². The molecule has 1 aromatic carbocycles. The third-order valence-electron chi connectivity index (χ3n) is 6.82. The lowest BCUT2D eigenvalue weighted by molar-refractivity contribution is 0.272. The van der Waals surface area contributed by atoms with Crippen LogP contribution in [0.4, 0.5) is 0 Å². The normalized spacial score (nSPS) is 48.0. The third kappa shape index (κ3) is 1.65. The molecular formula is C19H25N. The molecule has 4 unspecified atom stereocenters. The molecule has 0 radical (unpaired) electrons. The van der Waals surface area contributed by atoms with Crippen LogP contribution < -0.4 is 5.32 Å². The summed E-state index contributed by atoms with van der Waals surface area (Å²) in [5.74, 6) is 5.21. The highest BCUT2D eigenvalue weighted by Gasteiger charge is 2.65. The minimum absolute atomic E-state index is 0.815. The zero-order chi connectivity index (χ0) is 13.3. The molecule has 0 heterocycles. The molecule has 4 atom stereocenters. The summed E-state index contributed by atoms with van der Waals surface area (Å²) in [5, 5.41) is 4.01. The lowest BCUT2D eigenvalue weighted by atomic mass is 9.75. The highest BCUT2D eigenvalue weighted by Crippen LogP contribution is 2.66. The number of fused-ring (bicyclic) bond motifs is 5. The summed E-state index contributed by atoms with van der Waals surface area (Å²) in [6.07, 6.45) is 7.40. The first-order valence-electron chi connectivity index (χ1n) is 8.62. The predicted octanol–water partition coefficient (Wildman–Crippen LogP) is 3.88. The quantitative estimate of drug-likeness (QED) is 0.876. The molecule has 0 spiro atoms. The first-order valence-corrected chi connectivity index (χ1v) is 8.62. The van der Waals surface area contributed by atoms with Crippen molar-refractivity contribution in [3.8, 4) is 0 Å². The fourth-order valence-corrected chi connectivity index (χ4v) is 5.77. The van der Waals surface area contributed by atoms with Crippen LogP contribution in [-0.2, 0) is 0 Å². The van der Waals surface area contributed by atoms with E-state index in [0.717, 1.165) is 41.7 Å². The van der Waals surface area contributed by atoms with Gasteiger partial charge in [-0.05, 0) is 74.2 Å². The van der Waals surface area contributed by atoms with Gasteiger partial charge in [0.25, 0.3) is 0 Å². The second kappa shape index (κ2) is 4.10. The lowest BCUT2D eigenvalue weighted by Crippen LogP contribution is -2.42. The van der Waals surface area contributed by atoms with Crippen LogP contribution in [0.25, 0.3) is 0 Å². The summed E-state index contributed by atoms with van der Waals surface area (Å²) < 4.78 is 0. The lowest BCUT2D eigenvalue weighted by Gasteiger charge is -2.37. The van der Waals surface area contributed by atoms with Gasteiger partial charge in [-0.15, -0.1) is 0 Å². The maximum absolute atomic E-state index is 4.01. The Bertz CT molecular complexity index is 514. The minimum Gasteiger partial charge on any atom is -0.311 e. The fraction of sp³-hybridized carbons (Fsp3) is 0.684. The summed E-state index contributed by atoms with van der Waals surface area (Å²) in [6.45, 7) is 2.21. The van der Waals surface area contributed by atoms with Crippen molar-refractivity contribution in [2.24, 2.45) is 23.7 Å². The van der Waals surface area contributed by atoms with E-state index in [1.807, 2.05) is 0 Å². The van der Waals surface area contributed by atoms with Gasteiger partial charge < -0.3 is 5.32 Å². The Kier molecular flexibility index (Phi) is 2.42. The summed E-state index contributed by atoms with van der Waals surface area (Å²) in [7, 11) is 0. The fourth-order valence-electron chi connectivity index (χ4n) is 5.77. The van der Waals surface area contributed by atoms with Crippen LogP contribution in [0.3, 0.4) is 0 Å². The third-order valence-corrected chi connectivity index (χ3v) is 6.82. The van der Waals surface area contributed by atoms with E-state index in [2.05, 4.69) is 36.5 Å². The summed E-state index contributed by atoms with van der Waals surface area (Å²) in [4.78, 5) is 0. The maximum atomic E-state index is 4.01. The molecule has 20 heavy (non-hydrogen) atoms. The van der Waals surface area contributed by atoms with Crippen LogP contribution in [0, 0.1) is 30.6 Å². The van der Waals surface area contributed by atoms with Crippen molar-refractivity contribution >= 4 is 0 Å². The van der Waals surface area contributed by atoms with Crippen molar-refractivity contribution in [1.29, 1.82) is 0 Å². The molecule has 0 aromatic heterocycles. The number of aryl methyl sites for hydroxylation is 1. The van der Waals surface area contributed by atoms with Crippen LogP contribution in [-0.4, -0.2) is 12.1 Å². The molecule has 1 nitrogen and oxygen atoms in total. The molecule has 5 rings (SSSR count). The molecule has 0 amide bonds. The van der Waals surface area contributed by atoms with E-state index in [9.17, 15) is 0 Å². The van der Waals surface area contributed by atoms with E-state index in [-0.39, 0.29) is 0 Å². The van der Waals surface area contributed by atoms with E-state index in [1.165, 1.54) is 18.4 Å². The molecule has 2 bridgehead atoms. The van der Waals surface area contributed by atoms with Gasteiger partial charge in [0.1, 0.15) is 0 Å². The Morgan fingerprint density at radius 3 is 2.45 bits per heavy atom. The number of hydrogen-bond donors (Lipinski definition) is 1. The second-order valence-electron chi connectivity index (χ2n) is 7.96. The van der Waals surface area contributed by atoms with Crippen LogP contribution in [0.2, 0.25) is 0 Å². The van der Waals surface area contributed by atoms with Gasteiger partial charge in [-0.3, -0.25) is 0 Å². The van der Waals surface area contributed by atoms with Gasteiger partial charge in [0.05, 0.1) is 0 Å². The summed E-state index contributed by atoms with van der Waals surface area (Å²) in [6, 6.07) is 10.9. The maximum Gasteiger partial charge on any atom is 0.0138 e. The van der Waals surface area contributed by atoms with Gasteiger partial charge in [0.15, 0.2) is 0 Å². The SMILES string of the molecule is Cc1cccc(C2CC(NC3C4C5CCC(C5)C34)C2)c1. The second-order valence-corrected chi connectivity index (χ2v) is 7.96. The number of nitrogens with one attached hydrogen (secondary N) is 1. The monoisotopic (exact) mass is 267 g/mol. The highest BCUT2D eigenvalue weighted by molar-refractivity contribution is 5.28. The first kappa shape index (κ1) is 11.8. The van der Waals surface area contributed by atoms with Crippen LogP contribution >= 0.6 is 0 Å². The van der Waals surface area contributed by atoms with Gasteiger partial charge in [-0.25, -0.2) is 0 Å². The molecule has 106 valence electrons. The van der Waals surface area contributed by atoms with E-state index in [1.54, 1.807) is 24.8 Å². The predicted molar refractivity (Wildman–Crippen MR) is 81.7 cm³/mol. The van der Waals surface area contributed by atoms with Gasteiger partial charge >= 0.3 is 0 Å². The molecule has 4 fully saturated rings. The number of benzene rings is 1. The average Bonchev–Trinajstić information content (AvgIpc) is 2.78. The Labute approximate surface area is 122 Å². The summed E-state index contributed by atoms with van der Waals surface area (Å²) >= 11 is 0. The molecule has 4 saturated carbocycles. The Hall–Kier alpha value is -0.820. The van der Waals surface area contributed by atoms with Crippen molar-refractivity contribution in [3.05, 3.63) is 35.4 Å². The van der Waals surface area contributed by atoms with Crippen molar-refractivity contribution in [2.75, 3.05) is 0 Å². The first-order chi connectivity index (χ1) is 9.79. The van der Waals surface area contributed by atoms with Crippen LogP contribution in [0.1, 0.15) is 49.1 Å². The smallest absolute Gasteiger partial charge is 0.0138 e. The topological polar surface area (TPSA) is 12.0 Å². The molecule has 0 saturated heterocycles. The zero-order valence-electron chi connectivity index (χ0n) is 12.4. The standard InChI is InChI=1S/C19H25N/c1-11-3-2-4-12(7-11)15-9-16(10-15)20-19-17-13-5-6-14(8-13)18(17)19/h2-4,7,13-20H,5-6,8-10H2,1H3. The zero-order valence-corrected chi connectivity index (χ0v) is 12.4. The van der Waals surface area contributed by atoms with Crippen LogP contribution in [0.15, 0.2) is 24.3 Å². The number of rotatable bonds is 3.